The Hall–Kier alpha value is -1.15. The van der Waals surface area contributed by atoms with Crippen LogP contribution in [-0.4, -0.2) is 29.8 Å². The number of hydrogen-bond acceptors (Lipinski definition) is 2. The zero-order valence-corrected chi connectivity index (χ0v) is 13.7. The van der Waals surface area contributed by atoms with Gasteiger partial charge in [-0.25, -0.2) is 0 Å². The third-order valence-corrected chi connectivity index (χ3v) is 4.94. The van der Waals surface area contributed by atoms with E-state index >= 15 is 0 Å². The molecule has 0 radical (unpaired) electrons. The molecular weight excluding hydrogens is 258 g/mol. The molecule has 0 bridgehead atoms. The number of nitrogens with zero attached hydrogens (tertiary/aromatic N) is 1. The van der Waals surface area contributed by atoms with Crippen LogP contribution in [0.3, 0.4) is 0 Å². The van der Waals surface area contributed by atoms with Gasteiger partial charge in [0.1, 0.15) is 0 Å². The van der Waals surface area contributed by atoms with Crippen LogP contribution in [-0.2, 0) is 0 Å². The van der Waals surface area contributed by atoms with E-state index in [4.69, 9.17) is 0 Å². The minimum atomic E-state index is 0.0540. The minimum Gasteiger partial charge on any atom is -0.293 e. The standard InChI is InChI=1S/C19H29NO/c1-4-18(19(21)17-9-6-5-7-10-17)20-13-8-11-16(12-14-20)15(2)3/h5-7,9-10,15-16,18H,4,8,11-14H2,1-3H3. The summed E-state index contributed by atoms with van der Waals surface area (Å²) in [7, 11) is 0. The number of hydrogen-bond donors (Lipinski definition) is 0. The Bertz CT molecular complexity index is 440. The van der Waals surface area contributed by atoms with Crippen LogP contribution in [0.25, 0.3) is 0 Å². The first-order valence-corrected chi connectivity index (χ1v) is 8.46. The van der Waals surface area contributed by atoms with E-state index in [1.54, 1.807) is 0 Å². The van der Waals surface area contributed by atoms with Gasteiger partial charge < -0.3 is 0 Å². The molecule has 1 aromatic rings. The zero-order chi connectivity index (χ0) is 15.2. The Morgan fingerprint density at radius 2 is 1.90 bits per heavy atom. The molecule has 2 nitrogen and oxygen atoms in total. The second kappa shape index (κ2) is 7.74. The molecule has 0 saturated carbocycles. The van der Waals surface area contributed by atoms with E-state index in [0.29, 0.717) is 5.78 Å². The van der Waals surface area contributed by atoms with E-state index in [2.05, 4.69) is 25.7 Å². The Morgan fingerprint density at radius 3 is 2.52 bits per heavy atom. The smallest absolute Gasteiger partial charge is 0.179 e. The van der Waals surface area contributed by atoms with Gasteiger partial charge in [-0.15, -0.1) is 0 Å². The number of benzene rings is 1. The highest BCUT2D eigenvalue weighted by Gasteiger charge is 2.28. The lowest BCUT2D eigenvalue weighted by atomic mass is 9.89. The summed E-state index contributed by atoms with van der Waals surface area (Å²) in [4.78, 5) is 15.2. The molecule has 1 fully saturated rings. The number of carbonyl (C=O) groups is 1. The summed E-state index contributed by atoms with van der Waals surface area (Å²) in [5.74, 6) is 1.87. The van der Waals surface area contributed by atoms with Gasteiger partial charge in [-0.2, -0.15) is 0 Å². The summed E-state index contributed by atoms with van der Waals surface area (Å²) in [6.45, 7) is 8.93. The van der Waals surface area contributed by atoms with Gasteiger partial charge >= 0.3 is 0 Å². The van der Waals surface area contributed by atoms with Crippen molar-refractivity contribution in [3.05, 3.63) is 35.9 Å². The van der Waals surface area contributed by atoms with Crippen molar-refractivity contribution in [2.24, 2.45) is 11.8 Å². The molecular formula is C19H29NO. The molecule has 0 spiro atoms. The van der Waals surface area contributed by atoms with E-state index in [0.717, 1.165) is 36.9 Å². The van der Waals surface area contributed by atoms with Crippen LogP contribution in [0.2, 0.25) is 0 Å². The molecule has 2 rings (SSSR count). The van der Waals surface area contributed by atoms with Gasteiger partial charge in [-0.1, -0.05) is 51.1 Å². The molecule has 2 atom stereocenters. The Morgan fingerprint density at radius 1 is 1.19 bits per heavy atom. The summed E-state index contributed by atoms with van der Waals surface area (Å²) in [6, 6.07) is 9.82. The second-order valence-corrected chi connectivity index (χ2v) is 6.63. The summed E-state index contributed by atoms with van der Waals surface area (Å²) >= 11 is 0. The Kier molecular flexibility index (Phi) is 5.98. The maximum Gasteiger partial charge on any atom is 0.179 e. The molecule has 1 heterocycles. The van der Waals surface area contributed by atoms with E-state index in [1.165, 1.54) is 19.3 Å². The van der Waals surface area contributed by atoms with Crippen molar-refractivity contribution in [3.8, 4) is 0 Å². The first-order valence-electron chi connectivity index (χ1n) is 8.46. The molecule has 2 unspecified atom stereocenters. The molecule has 1 aliphatic heterocycles. The van der Waals surface area contributed by atoms with Gasteiger partial charge in [-0.3, -0.25) is 9.69 Å². The topological polar surface area (TPSA) is 20.3 Å². The van der Waals surface area contributed by atoms with Gasteiger partial charge in [-0.05, 0) is 50.6 Å². The van der Waals surface area contributed by atoms with Gasteiger partial charge in [0, 0.05) is 5.56 Å². The highest BCUT2D eigenvalue weighted by molar-refractivity contribution is 6.00. The fraction of sp³-hybridized carbons (Fsp3) is 0.632. The predicted octanol–water partition coefficient (Wildman–Crippen LogP) is 4.41. The molecule has 1 aliphatic rings. The molecule has 1 aromatic carbocycles. The van der Waals surface area contributed by atoms with Crippen LogP contribution >= 0.6 is 0 Å². The lowest BCUT2D eigenvalue weighted by Crippen LogP contribution is -2.41. The second-order valence-electron chi connectivity index (χ2n) is 6.63. The first-order chi connectivity index (χ1) is 10.1. The third kappa shape index (κ3) is 4.16. The highest BCUT2D eigenvalue weighted by atomic mass is 16.1. The van der Waals surface area contributed by atoms with Crippen molar-refractivity contribution in [3.63, 3.8) is 0 Å². The summed E-state index contributed by atoms with van der Waals surface area (Å²) in [6.07, 6.45) is 4.67. The molecule has 0 aliphatic carbocycles. The predicted molar refractivity (Wildman–Crippen MR) is 88.6 cm³/mol. The van der Waals surface area contributed by atoms with Crippen molar-refractivity contribution in [2.45, 2.75) is 52.5 Å². The van der Waals surface area contributed by atoms with E-state index in [1.807, 2.05) is 30.3 Å². The minimum absolute atomic E-state index is 0.0540. The molecule has 1 saturated heterocycles. The van der Waals surface area contributed by atoms with Crippen LogP contribution in [0.15, 0.2) is 30.3 Å². The molecule has 0 aromatic heterocycles. The number of likely N-dealkylation sites (tertiary alicyclic amines) is 1. The largest absolute Gasteiger partial charge is 0.293 e. The number of ketones is 1. The van der Waals surface area contributed by atoms with Crippen LogP contribution < -0.4 is 0 Å². The van der Waals surface area contributed by atoms with E-state index in [9.17, 15) is 4.79 Å². The van der Waals surface area contributed by atoms with Crippen LogP contribution in [0, 0.1) is 11.8 Å². The summed E-state index contributed by atoms with van der Waals surface area (Å²) in [5.41, 5.74) is 0.856. The van der Waals surface area contributed by atoms with Crippen molar-refractivity contribution < 1.29 is 4.79 Å². The normalized spacial score (nSPS) is 22.0. The maximum absolute atomic E-state index is 12.8. The quantitative estimate of drug-likeness (QED) is 0.748. The third-order valence-electron chi connectivity index (χ3n) is 4.94. The average molecular weight is 287 g/mol. The van der Waals surface area contributed by atoms with Gasteiger partial charge in [0.25, 0.3) is 0 Å². The zero-order valence-electron chi connectivity index (χ0n) is 13.7. The van der Waals surface area contributed by atoms with Crippen molar-refractivity contribution in [1.29, 1.82) is 0 Å². The highest BCUT2D eigenvalue weighted by Crippen LogP contribution is 2.26. The fourth-order valence-electron chi connectivity index (χ4n) is 3.53. The summed E-state index contributed by atoms with van der Waals surface area (Å²) < 4.78 is 0. The average Bonchev–Trinajstić information content (AvgIpc) is 2.75. The van der Waals surface area contributed by atoms with Gasteiger partial charge in [0.2, 0.25) is 0 Å². The first kappa shape index (κ1) is 16.2. The molecule has 2 heteroatoms. The summed E-state index contributed by atoms with van der Waals surface area (Å²) in [5, 5.41) is 0. The lowest BCUT2D eigenvalue weighted by Gasteiger charge is -2.29. The fourth-order valence-corrected chi connectivity index (χ4v) is 3.53. The number of rotatable bonds is 5. The Labute approximate surface area is 129 Å². The number of carbonyl (C=O) groups excluding carboxylic acids is 1. The lowest BCUT2D eigenvalue weighted by molar-refractivity contribution is 0.0813. The van der Waals surface area contributed by atoms with Crippen LogP contribution in [0.4, 0.5) is 0 Å². The van der Waals surface area contributed by atoms with Crippen molar-refractivity contribution >= 4 is 5.78 Å². The van der Waals surface area contributed by atoms with Crippen molar-refractivity contribution in [1.82, 2.24) is 4.90 Å². The van der Waals surface area contributed by atoms with E-state index in [-0.39, 0.29) is 6.04 Å². The van der Waals surface area contributed by atoms with E-state index < -0.39 is 0 Å². The molecule has 21 heavy (non-hydrogen) atoms. The molecule has 0 N–H and O–H groups in total. The molecule has 116 valence electrons. The van der Waals surface area contributed by atoms with Gasteiger partial charge in [0.15, 0.2) is 5.78 Å². The number of Topliss-reactive ketones (excluding diaryl/α,β-unsaturated/α-hetero) is 1. The molecule has 0 amide bonds. The van der Waals surface area contributed by atoms with Crippen LogP contribution in [0.1, 0.15) is 56.8 Å². The monoisotopic (exact) mass is 287 g/mol. The SMILES string of the molecule is CCC(C(=O)c1ccccc1)N1CCCC(C(C)C)CC1. The Balaban J connectivity index is 2.05. The maximum atomic E-state index is 12.8. The van der Waals surface area contributed by atoms with Crippen molar-refractivity contribution in [2.75, 3.05) is 13.1 Å². The van der Waals surface area contributed by atoms with Crippen LogP contribution in [0.5, 0.6) is 0 Å². The van der Waals surface area contributed by atoms with Gasteiger partial charge in [0.05, 0.1) is 6.04 Å².